The van der Waals surface area contributed by atoms with Crippen LogP contribution in [0.4, 0.5) is 0 Å². The van der Waals surface area contributed by atoms with E-state index in [-0.39, 0.29) is 6.61 Å². The van der Waals surface area contributed by atoms with Crippen molar-refractivity contribution in [2.24, 2.45) is 5.73 Å². The van der Waals surface area contributed by atoms with Gasteiger partial charge in [-0.15, -0.1) is 0 Å². The molecule has 0 aliphatic carbocycles. The van der Waals surface area contributed by atoms with Crippen molar-refractivity contribution in [3.05, 3.63) is 28.2 Å². The number of rotatable bonds is 3. The third kappa shape index (κ3) is 2.08. The summed E-state index contributed by atoms with van der Waals surface area (Å²) in [5, 5.41) is 9.16. The summed E-state index contributed by atoms with van der Waals surface area (Å²) in [5.74, 6) is 0.673. The Hall–Kier alpha value is -0.580. The number of ether oxygens (including phenoxy) is 1. The molecule has 0 spiro atoms. The Morgan fingerprint density at radius 2 is 2.21 bits per heavy atom. The molecule has 78 valence electrons. The van der Waals surface area contributed by atoms with E-state index in [9.17, 15) is 0 Å². The van der Waals surface area contributed by atoms with Crippen LogP contribution in [0.5, 0.6) is 5.75 Å². The predicted molar refractivity (Wildman–Crippen MR) is 59.3 cm³/mol. The Morgan fingerprint density at radius 3 is 2.71 bits per heavy atom. The maximum atomic E-state index is 9.16. The topological polar surface area (TPSA) is 55.5 Å². The van der Waals surface area contributed by atoms with Gasteiger partial charge in [-0.05, 0) is 28.9 Å². The molecule has 0 aliphatic heterocycles. The first-order chi connectivity index (χ1) is 6.53. The van der Waals surface area contributed by atoms with E-state index in [4.69, 9.17) is 15.6 Å². The monoisotopic (exact) mass is 259 g/mol. The van der Waals surface area contributed by atoms with Crippen molar-refractivity contribution in [2.45, 2.75) is 12.5 Å². The SMILES string of the molecule is COc1c(Br)cccc1C(C)(N)CO. The molecule has 0 heterocycles. The zero-order valence-electron chi connectivity index (χ0n) is 8.25. The number of benzene rings is 1. The van der Waals surface area contributed by atoms with Crippen LogP contribution in [0.25, 0.3) is 0 Å². The molecule has 0 aliphatic rings. The number of halogens is 1. The quantitative estimate of drug-likeness (QED) is 0.868. The molecule has 0 aromatic heterocycles. The van der Waals surface area contributed by atoms with Crippen LogP contribution < -0.4 is 10.5 Å². The largest absolute Gasteiger partial charge is 0.495 e. The van der Waals surface area contributed by atoms with Crippen LogP contribution in [0.15, 0.2) is 22.7 Å². The highest BCUT2D eigenvalue weighted by molar-refractivity contribution is 9.10. The molecule has 14 heavy (non-hydrogen) atoms. The second-order valence-electron chi connectivity index (χ2n) is 3.40. The molecular formula is C10H14BrNO2. The standard InChI is InChI=1S/C10H14BrNO2/c1-10(12,6-13)7-4-3-5-8(11)9(7)14-2/h3-5,13H,6,12H2,1-2H3. The molecule has 1 aromatic carbocycles. The van der Waals surface area contributed by atoms with Crippen molar-refractivity contribution in [1.82, 2.24) is 0 Å². The summed E-state index contributed by atoms with van der Waals surface area (Å²) in [7, 11) is 1.58. The molecule has 0 fully saturated rings. The minimum Gasteiger partial charge on any atom is -0.495 e. The zero-order valence-corrected chi connectivity index (χ0v) is 9.84. The van der Waals surface area contributed by atoms with Crippen molar-refractivity contribution in [2.75, 3.05) is 13.7 Å². The van der Waals surface area contributed by atoms with Crippen molar-refractivity contribution in [1.29, 1.82) is 0 Å². The summed E-state index contributed by atoms with van der Waals surface area (Å²) in [6.07, 6.45) is 0. The summed E-state index contributed by atoms with van der Waals surface area (Å²) in [6, 6.07) is 5.58. The molecule has 3 N–H and O–H groups in total. The van der Waals surface area contributed by atoms with Gasteiger partial charge >= 0.3 is 0 Å². The Bertz CT molecular complexity index is 326. The lowest BCUT2D eigenvalue weighted by atomic mass is 9.93. The molecule has 0 amide bonds. The molecule has 0 radical (unpaired) electrons. The van der Waals surface area contributed by atoms with E-state index in [1.807, 2.05) is 18.2 Å². The number of hydrogen-bond donors (Lipinski definition) is 2. The van der Waals surface area contributed by atoms with E-state index in [1.54, 1.807) is 14.0 Å². The number of aliphatic hydroxyl groups is 1. The Labute approximate surface area is 92.0 Å². The molecule has 4 heteroatoms. The predicted octanol–water partition coefficient (Wildman–Crippen LogP) is 1.62. The van der Waals surface area contributed by atoms with E-state index < -0.39 is 5.54 Å². The number of hydrogen-bond acceptors (Lipinski definition) is 3. The van der Waals surface area contributed by atoms with Gasteiger partial charge < -0.3 is 15.6 Å². The zero-order chi connectivity index (χ0) is 10.8. The third-order valence-corrected chi connectivity index (χ3v) is 2.74. The van der Waals surface area contributed by atoms with Gasteiger partial charge in [0.25, 0.3) is 0 Å². The molecule has 0 saturated carbocycles. The van der Waals surface area contributed by atoms with Crippen LogP contribution >= 0.6 is 15.9 Å². The number of methoxy groups -OCH3 is 1. The summed E-state index contributed by atoms with van der Waals surface area (Å²) < 4.78 is 6.06. The van der Waals surface area contributed by atoms with E-state index >= 15 is 0 Å². The van der Waals surface area contributed by atoms with Gasteiger partial charge in [-0.1, -0.05) is 12.1 Å². The van der Waals surface area contributed by atoms with Crippen molar-refractivity contribution in [3.63, 3.8) is 0 Å². The van der Waals surface area contributed by atoms with Crippen LogP contribution in [0.1, 0.15) is 12.5 Å². The molecule has 1 atom stereocenters. The first kappa shape index (κ1) is 11.5. The number of aliphatic hydroxyl groups excluding tert-OH is 1. The highest BCUT2D eigenvalue weighted by Gasteiger charge is 2.24. The van der Waals surface area contributed by atoms with Gasteiger partial charge in [0.15, 0.2) is 0 Å². The Balaban J connectivity index is 3.27. The Kier molecular flexibility index (Phi) is 3.53. The summed E-state index contributed by atoms with van der Waals surface area (Å²) in [5.41, 5.74) is 5.94. The van der Waals surface area contributed by atoms with Gasteiger partial charge in [0.05, 0.1) is 23.7 Å². The molecule has 1 rings (SSSR count). The van der Waals surface area contributed by atoms with Crippen LogP contribution in [0, 0.1) is 0 Å². The highest BCUT2D eigenvalue weighted by Crippen LogP contribution is 2.34. The highest BCUT2D eigenvalue weighted by atomic mass is 79.9. The van der Waals surface area contributed by atoms with Gasteiger partial charge in [-0.3, -0.25) is 0 Å². The van der Waals surface area contributed by atoms with Crippen LogP contribution in [-0.2, 0) is 5.54 Å². The smallest absolute Gasteiger partial charge is 0.138 e. The van der Waals surface area contributed by atoms with Crippen molar-refractivity contribution in [3.8, 4) is 5.75 Å². The Morgan fingerprint density at radius 1 is 1.57 bits per heavy atom. The number of nitrogens with two attached hydrogens (primary N) is 1. The fourth-order valence-corrected chi connectivity index (χ4v) is 1.78. The van der Waals surface area contributed by atoms with E-state index in [0.29, 0.717) is 5.75 Å². The fraction of sp³-hybridized carbons (Fsp3) is 0.400. The second kappa shape index (κ2) is 4.29. The minimum absolute atomic E-state index is 0.125. The maximum Gasteiger partial charge on any atom is 0.138 e. The minimum atomic E-state index is -0.783. The maximum absolute atomic E-state index is 9.16. The normalized spacial score (nSPS) is 14.9. The van der Waals surface area contributed by atoms with Crippen LogP contribution in [0.2, 0.25) is 0 Å². The molecule has 3 nitrogen and oxygen atoms in total. The van der Waals surface area contributed by atoms with E-state index in [1.165, 1.54) is 0 Å². The van der Waals surface area contributed by atoms with Crippen LogP contribution in [0.3, 0.4) is 0 Å². The second-order valence-corrected chi connectivity index (χ2v) is 4.25. The van der Waals surface area contributed by atoms with Gasteiger partial charge in [-0.2, -0.15) is 0 Å². The summed E-state index contributed by atoms with van der Waals surface area (Å²) in [4.78, 5) is 0. The van der Waals surface area contributed by atoms with Crippen molar-refractivity contribution < 1.29 is 9.84 Å². The molecular weight excluding hydrogens is 246 g/mol. The van der Waals surface area contributed by atoms with Gasteiger partial charge in [-0.25, -0.2) is 0 Å². The average molecular weight is 260 g/mol. The molecule has 0 saturated heterocycles. The number of para-hydroxylation sites is 1. The van der Waals surface area contributed by atoms with E-state index in [2.05, 4.69) is 15.9 Å². The molecule has 1 unspecified atom stereocenters. The lowest BCUT2D eigenvalue weighted by Gasteiger charge is -2.25. The van der Waals surface area contributed by atoms with Gasteiger partial charge in [0.1, 0.15) is 5.75 Å². The lowest BCUT2D eigenvalue weighted by Crippen LogP contribution is -2.37. The van der Waals surface area contributed by atoms with Crippen LogP contribution in [-0.4, -0.2) is 18.8 Å². The first-order valence-electron chi connectivity index (χ1n) is 4.25. The summed E-state index contributed by atoms with van der Waals surface area (Å²) in [6.45, 7) is 1.64. The molecule has 0 bridgehead atoms. The van der Waals surface area contributed by atoms with E-state index in [0.717, 1.165) is 10.0 Å². The lowest BCUT2D eigenvalue weighted by molar-refractivity contribution is 0.206. The van der Waals surface area contributed by atoms with Gasteiger partial charge in [0, 0.05) is 5.56 Å². The summed E-state index contributed by atoms with van der Waals surface area (Å²) >= 11 is 3.37. The third-order valence-electron chi connectivity index (χ3n) is 2.11. The average Bonchev–Trinajstić information content (AvgIpc) is 2.17. The van der Waals surface area contributed by atoms with Crippen molar-refractivity contribution >= 4 is 15.9 Å². The fourth-order valence-electron chi connectivity index (χ4n) is 1.25. The van der Waals surface area contributed by atoms with Gasteiger partial charge in [0.2, 0.25) is 0 Å². The molecule has 1 aromatic rings. The first-order valence-corrected chi connectivity index (χ1v) is 5.05.